The first kappa shape index (κ1) is 18.3. The van der Waals surface area contributed by atoms with E-state index in [4.69, 9.17) is 4.74 Å². The summed E-state index contributed by atoms with van der Waals surface area (Å²) in [6.45, 7) is 8.41. The Labute approximate surface area is 147 Å². The van der Waals surface area contributed by atoms with Crippen LogP contribution in [0.3, 0.4) is 0 Å². The first-order valence-corrected chi connectivity index (χ1v) is 8.92. The van der Waals surface area contributed by atoms with E-state index in [-0.39, 0.29) is 18.2 Å². The number of urea groups is 1. The number of aryl methyl sites for hydroxylation is 1. The summed E-state index contributed by atoms with van der Waals surface area (Å²) in [6.07, 6.45) is 0.123. The molecule has 1 N–H and O–H groups in total. The second-order valence-corrected chi connectivity index (χ2v) is 7.19. The maximum Gasteiger partial charge on any atom is 0.317 e. The first-order valence-electron chi connectivity index (χ1n) is 8.04. The highest BCUT2D eigenvalue weighted by Crippen LogP contribution is 2.20. The molecule has 0 aliphatic heterocycles. The normalized spacial score (nSPS) is 12.1. The number of thiazole rings is 1. The van der Waals surface area contributed by atoms with Crippen LogP contribution in [0.25, 0.3) is 0 Å². The van der Waals surface area contributed by atoms with Crippen molar-refractivity contribution >= 4 is 17.4 Å². The molecule has 2 amide bonds. The van der Waals surface area contributed by atoms with Crippen molar-refractivity contribution in [2.24, 2.45) is 0 Å². The van der Waals surface area contributed by atoms with Crippen molar-refractivity contribution in [3.63, 3.8) is 0 Å². The van der Waals surface area contributed by atoms with Crippen LogP contribution in [0.4, 0.5) is 4.79 Å². The molecule has 0 radical (unpaired) electrons. The number of ether oxygens (including phenoxy) is 1. The van der Waals surface area contributed by atoms with Crippen LogP contribution in [0.1, 0.15) is 43.1 Å². The van der Waals surface area contributed by atoms with Crippen LogP contribution in [0, 0.1) is 6.92 Å². The van der Waals surface area contributed by atoms with E-state index in [1.165, 1.54) is 0 Å². The van der Waals surface area contributed by atoms with Gasteiger partial charge in [-0.3, -0.25) is 0 Å². The number of rotatable bonds is 6. The van der Waals surface area contributed by atoms with E-state index in [2.05, 4.69) is 10.3 Å². The molecule has 0 saturated carbocycles. The van der Waals surface area contributed by atoms with Crippen LogP contribution in [0.15, 0.2) is 29.6 Å². The number of amides is 2. The van der Waals surface area contributed by atoms with Crippen molar-refractivity contribution < 1.29 is 9.53 Å². The van der Waals surface area contributed by atoms with Gasteiger partial charge in [0.05, 0.1) is 29.4 Å². The maximum absolute atomic E-state index is 12.4. The SMILES string of the molecule is Cc1nc(CN(C)C(=O)N[C@H](C)c2cccc(OC(C)C)c2)cs1. The van der Waals surface area contributed by atoms with Gasteiger partial charge in [0, 0.05) is 12.4 Å². The monoisotopic (exact) mass is 347 g/mol. The predicted octanol–water partition coefficient (Wildman–Crippen LogP) is 4.14. The quantitative estimate of drug-likeness (QED) is 0.854. The van der Waals surface area contributed by atoms with E-state index >= 15 is 0 Å². The Hall–Kier alpha value is -2.08. The number of nitrogens with zero attached hydrogens (tertiary/aromatic N) is 2. The molecule has 0 bridgehead atoms. The molecular weight excluding hydrogens is 322 g/mol. The van der Waals surface area contributed by atoms with Gasteiger partial charge in [-0.1, -0.05) is 12.1 Å². The number of benzene rings is 1. The van der Waals surface area contributed by atoms with Gasteiger partial charge in [-0.05, 0) is 45.4 Å². The van der Waals surface area contributed by atoms with Gasteiger partial charge in [0.2, 0.25) is 0 Å². The Morgan fingerprint density at radius 2 is 2.12 bits per heavy atom. The molecular formula is C18H25N3O2S. The highest BCUT2D eigenvalue weighted by molar-refractivity contribution is 7.09. The van der Waals surface area contributed by atoms with E-state index in [0.717, 1.165) is 22.0 Å². The van der Waals surface area contributed by atoms with Crippen LogP contribution in [0.2, 0.25) is 0 Å². The lowest BCUT2D eigenvalue weighted by molar-refractivity contribution is 0.203. The van der Waals surface area contributed by atoms with Crippen molar-refractivity contribution in [3.05, 3.63) is 45.9 Å². The number of hydrogen-bond acceptors (Lipinski definition) is 4. The lowest BCUT2D eigenvalue weighted by Crippen LogP contribution is -2.38. The van der Waals surface area contributed by atoms with Crippen molar-refractivity contribution in [2.45, 2.75) is 46.4 Å². The van der Waals surface area contributed by atoms with Crippen LogP contribution in [-0.2, 0) is 6.54 Å². The highest BCUT2D eigenvalue weighted by Gasteiger charge is 2.15. The largest absolute Gasteiger partial charge is 0.491 e. The third-order valence-electron chi connectivity index (χ3n) is 3.48. The fraction of sp³-hybridized carbons (Fsp3) is 0.444. The number of nitrogens with one attached hydrogen (secondary N) is 1. The zero-order valence-electron chi connectivity index (χ0n) is 14.9. The number of hydrogen-bond donors (Lipinski definition) is 1. The topological polar surface area (TPSA) is 54.5 Å². The van der Waals surface area contributed by atoms with Crippen LogP contribution in [0.5, 0.6) is 5.75 Å². The van der Waals surface area contributed by atoms with Crippen molar-refractivity contribution in [1.82, 2.24) is 15.2 Å². The Bertz CT molecular complexity index is 684. The standard InChI is InChI=1S/C18H25N3O2S/c1-12(2)23-17-8-6-7-15(9-17)13(3)19-18(22)21(5)10-16-11-24-14(4)20-16/h6-9,11-13H,10H2,1-5H3,(H,19,22)/t13-/m1/s1. The molecule has 0 aliphatic rings. The Kier molecular flexibility index (Phi) is 6.20. The van der Waals surface area contributed by atoms with Gasteiger partial charge in [-0.25, -0.2) is 9.78 Å². The second-order valence-electron chi connectivity index (χ2n) is 6.12. The number of carbonyl (C=O) groups is 1. The van der Waals surface area contributed by atoms with E-state index < -0.39 is 0 Å². The molecule has 24 heavy (non-hydrogen) atoms. The summed E-state index contributed by atoms with van der Waals surface area (Å²) in [5.41, 5.74) is 1.93. The van der Waals surface area contributed by atoms with Crippen LogP contribution in [-0.4, -0.2) is 29.1 Å². The van der Waals surface area contributed by atoms with Gasteiger partial charge in [-0.15, -0.1) is 11.3 Å². The van der Waals surface area contributed by atoms with Gasteiger partial charge >= 0.3 is 6.03 Å². The zero-order valence-corrected chi connectivity index (χ0v) is 15.7. The summed E-state index contributed by atoms with van der Waals surface area (Å²) < 4.78 is 5.71. The Morgan fingerprint density at radius 3 is 2.75 bits per heavy atom. The summed E-state index contributed by atoms with van der Waals surface area (Å²) >= 11 is 1.59. The summed E-state index contributed by atoms with van der Waals surface area (Å²) in [5.74, 6) is 0.815. The minimum atomic E-state index is -0.122. The zero-order chi connectivity index (χ0) is 17.7. The molecule has 0 spiro atoms. The Balaban J connectivity index is 1.95. The maximum atomic E-state index is 12.4. The summed E-state index contributed by atoms with van der Waals surface area (Å²) in [7, 11) is 1.77. The molecule has 1 atom stereocenters. The average Bonchev–Trinajstić information content (AvgIpc) is 2.91. The van der Waals surface area contributed by atoms with Gasteiger partial charge in [0.1, 0.15) is 5.75 Å². The molecule has 1 heterocycles. The summed E-state index contributed by atoms with van der Waals surface area (Å²) in [4.78, 5) is 18.4. The minimum absolute atomic E-state index is 0.104. The van der Waals surface area contributed by atoms with E-state index in [9.17, 15) is 4.79 Å². The van der Waals surface area contributed by atoms with Gasteiger partial charge in [0.25, 0.3) is 0 Å². The third-order valence-corrected chi connectivity index (χ3v) is 4.30. The summed E-state index contributed by atoms with van der Waals surface area (Å²) in [5, 5.41) is 6.00. The van der Waals surface area contributed by atoms with Crippen molar-refractivity contribution in [3.8, 4) is 5.75 Å². The smallest absolute Gasteiger partial charge is 0.317 e. The highest BCUT2D eigenvalue weighted by atomic mass is 32.1. The van der Waals surface area contributed by atoms with Crippen molar-refractivity contribution in [1.29, 1.82) is 0 Å². The van der Waals surface area contributed by atoms with E-state index in [0.29, 0.717) is 6.54 Å². The molecule has 2 aromatic rings. The third kappa shape index (κ3) is 5.23. The molecule has 130 valence electrons. The minimum Gasteiger partial charge on any atom is -0.491 e. The molecule has 0 saturated heterocycles. The molecule has 6 heteroatoms. The average molecular weight is 347 g/mol. The molecule has 2 rings (SSSR count). The van der Waals surface area contributed by atoms with Gasteiger partial charge in [0.15, 0.2) is 0 Å². The molecule has 0 aliphatic carbocycles. The fourth-order valence-corrected chi connectivity index (χ4v) is 2.91. The van der Waals surface area contributed by atoms with Crippen molar-refractivity contribution in [2.75, 3.05) is 7.05 Å². The lowest BCUT2D eigenvalue weighted by Gasteiger charge is -2.21. The fourth-order valence-electron chi connectivity index (χ4n) is 2.30. The predicted molar refractivity (Wildman–Crippen MR) is 97.5 cm³/mol. The molecule has 1 aromatic heterocycles. The molecule has 0 fully saturated rings. The lowest BCUT2D eigenvalue weighted by atomic mass is 10.1. The molecule has 1 aromatic carbocycles. The van der Waals surface area contributed by atoms with Gasteiger partial charge in [-0.2, -0.15) is 0 Å². The van der Waals surface area contributed by atoms with Gasteiger partial charge < -0.3 is 15.0 Å². The molecule has 5 nitrogen and oxygen atoms in total. The van der Waals surface area contributed by atoms with E-state index in [1.807, 2.05) is 57.3 Å². The van der Waals surface area contributed by atoms with Crippen LogP contribution < -0.4 is 10.1 Å². The molecule has 0 unspecified atom stereocenters. The second kappa shape index (κ2) is 8.15. The van der Waals surface area contributed by atoms with Crippen LogP contribution >= 0.6 is 11.3 Å². The first-order chi connectivity index (χ1) is 11.3. The number of aromatic nitrogens is 1. The Morgan fingerprint density at radius 1 is 1.38 bits per heavy atom. The van der Waals surface area contributed by atoms with E-state index in [1.54, 1.807) is 23.3 Å². The summed E-state index contributed by atoms with van der Waals surface area (Å²) in [6, 6.07) is 7.60. The number of carbonyl (C=O) groups excluding carboxylic acids is 1.